The Hall–Kier alpha value is -2.26. The molecule has 3 heterocycles. The molecule has 0 aliphatic carbocycles. The molecule has 1 saturated heterocycles. The van der Waals surface area contributed by atoms with E-state index in [0.29, 0.717) is 9.88 Å². The van der Waals surface area contributed by atoms with Gasteiger partial charge in [0.15, 0.2) is 0 Å². The zero-order chi connectivity index (χ0) is 22.9. The van der Waals surface area contributed by atoms with Crippen LogP contribution in [0.3, 0.4) is 0 Å². The van der Waals surface area contributed by atoms with Gasteiger partial charge in [-0.1, -0.05) is 11.6 Å². The molecule has 15 heteroatoms. The number of hydrogen-bond donors (Lipinski definition) is 0. The third-order valence-electron chi connectivity index (χ3n) is 4.44. The number of thiazole rings is 1. The lowest BCUT2D eigenvalue weighted by molar-refractivity contribution is 0.0729. The summed E-state index contributed by atoms with van der Waals surface area (Å²) in [4.78, 5) is 4.45. The molecule has 0 spiro atoms. The quantitative estimate of drug-likeness (QED) is 0.480. The van der Waals surface area contributed by atoms with Gasteiger partial charge in [-0.25, -0.2) is 9.37 Å². The Morgan fingerprint density at radius 3 is 2.66 bits per heavy atom. The molecule has 1 aromatic carbocycles. The Bertz CT molecular complexity index is 1200. The molecule has 0 atom stereocenters. The van der Waals surface area contributed by atoms with Gasteiger partial charge in [-0.2, -0.15) is 21.5 Å². The van der Waals surface area contributed by atoms with Gasteiger partial charge < -0.3 is 9.15 Å². The molecule has 3 aromatic rings. The van der Waals surface area contributed by atoms with Crippen molar-refractivity contribution in [1.29, 1.82) is 0 Å². The molecular formula is C17H15ClF3N5O4S2. The average molecular weight is 510 g/mol. The number of rotatable bonds is 7. The zero-order valence-corrected chi connectivity index (χ0v) is 18.5. The minimum atomic E-state index is -4.05. The van der Waals surface area contributed by atoms with Crippen molar-refractivity contribution in [2.75, 3.05) is 30.6 Å². The fraction of sp³-hybridized carbons (Fsp3) is 0.353. The van der Waals surface area contributed by atoms with Gasteiger partial charge in [0, 0.05) is 13.1 Å². The van der Waals surface area contributed by atoms with E-state index in [0.717, 1.165) is 21.7 Å². The first-order valence-electron chi connectivity index (χ1n) is 9.13. The fourth-order valence-electron chi connectivity index (χ4n) is 2.89. The third kappa shape index (κ3) is 4.73. The molecule has 1 aliphatic heterocycles. The number of hydrogen-bond acceptors (Lipinski definition) is 8. The molecule has 0 saturated carbocycles. The van der Waals surface area contributed by atoms with Crippen LogP contribution in [0, 0.1) is 5.82 Å². The predicted octanol–water partition coefficient (Wildman–Crippen LogP) is 3.51. The van der Waals surface area contributed by atoms with Crippen LogP contribution in [0.15, 0.2) is 28.8 Å². The molecule has 1 fully saturated rings. The molecule has 0 amide bonds. The van der Waals surface area contributed by atoms with E-state index < -0.39 is 28.3 Å². The number of nitrogens with zero attached hydrogens (tertiary/aromatic N) is 5. The minimum Gasteiger partial charge on any atom is -0.414 e. The molecule has 0 bridgehead atoms. The Kier molecular flexibility index (Phi) is 6.67. The van der Waals surface area contributed by atoms with Crippen LogP contribution < -0.4 is 4.31 Å². The van der Waals surface area contributed by atoms with E-state index in [1.54, 1.807) is 0 Å². The largest absolute Gasteiger partial charge is 0.414 e. The number of morpholine rings is 1. The van der Waals surface area contributed by atoms with Crippen molar-refractivity contribution in [3.05, 3.63) is 46.1 Å². The van der Waals surface area contributed by atoms with Gasteiger partial charge in [0.2, 0.25) is 0 Å². The van der Waals surface area contributed by atoms with Crippen molar-refractivity contribution in [3.63, 3.8) is 0 Å². The number of anilines is 1. The highest BCUT2D eigenvalue weighted by Crippen LogP contribution is 2.32. The molecule has 9 nitrogen and oxygen atoms in total. The van der Waals surface area contributed by atoms with Crippen LogP contribution in [0.5, 0.6) is 0 Å². The standard InChI is InChI=1S/C17H15ClF3N5O4S2/c18-11-7-10(1-2-12(11)19)26(32(27,28)25-3-5-29-6-4-25)9-14-22-8-13(31-14)16-23-24-17(30-16)15(20)21/h1-2,7-8,15H,3-6,9H2. The van der Waals surface area contributed by atoms with Crippen molar-refractivity contribution < 1.29 is 30.7 Å². The summed E-state index contributed by atoms with van der Waals surface area (Å²) in [6.45, 7) is 0.553. The number of benzene rings is 1. The van der Waals surface area contributed by atoms with Crippen molar-refractivity contribution in [2.45, 2.75) is 13.0 Å². The lowest BCUT2D eigenvalue weighted by atomic mass is 10.3. The second-order valence-corrected chi connectivity index (χ2v) is 9.86. The van der Waals surface area contributed by atoms with E-state index in [2.05, 4.69) is 15.2 Å². The maximum absolute atomic E-state index is 13.7. The Morgan fingerprint density at radius 1 is 1.25 bits per heavy atom. The number of halogens is 4. The Balaban J connectivity index is 1.66. The normalized spacial score (nSPS) is 15.4. The average Bonchev–Trinajstić information content (AvgIpc) is 3.44. The van der Waals surface area contributed by atoms with Crippen molar-refractivity contribution in [3.8, 4) is 10.8 Å². The van der Waals surface area contributed by atoms with Crippen LogP contribution in [0.4, 0.5) is 18.9 Å². The lowest BCUT2D eigenvalue weighted by Crippen LogP contribution is -2.48. The highest BCUT2D eigenvalue weighted by Gasteiger charge is 2.32. The highest BCUT2D eigenvalue weighted by atomic mass is 35.5. The molecule has 1 aliphatic rings. The van der Waals surface area contributed by atoms with Gasteiger partial charge in [-0.3, -0.25) is 4.31 Å². The van der Waals surface area contributed by atoms with Crippen LogP contribution >= 0.6 is 22.9 Å². The fourth-order valence-corrected chi connectivity index (χ4v) is 5.53. The van der Waals surface area contributed by atoms with Gasteiger partial charge in [0.05, 0.1) is 36.7 Å². The van der Waals surface area contributed by atoms with E-state index in [4.69, 9.17) is 20.8 Å². The molecule has 0 radical (unpaired) electrons. The maximum atomic E-state index is 13.7. The third-order valence-corrected chi connectivity index (χ3v) is 7.61. The summed E-state index contributed by atoms with van der Waals surface area (Å²) >= 11 is 6.87. The summed E-state index contributed by atoms with van der Waals surface area (Å²) in [6, 6.07) is 3.56. The van der Waals surface area contributed by atoms with Crippen molar-refractivity contribution >= 4 is 38.8 Å². The molecular weight excluding hydrogens is 495 g/mol. The molecule has 32 heavy (non-hydrogen) atoms. The summed E-state index contributed by atoms with van der Waals surface area (Å²) in [5, 5.41) is 6.90. The highest BCUT2D eigenvalue weighted by molar-refractivity contribution is 7.90. The van der Waals surface area contributed by atoms with E-state index in [9.17, 15) is 21.6 Å². The summed E-state index contributed by atoms with van der Waals surface area (Å²) in [5.41, 5.74) is 0.136. The predicted molar refractivity (Wildman–Crippen MR) is 109 cm³/mol. The second-order valence-electron chi connectivity index (χ2n) is 6.49. The Labute approximate surface area is 189 Å². The van der Waals surface area contributed by atoms with E-state index in [1.165, 1.54) is 22.6 Å². The summed E-state index contributed by atoms with van der Waals surface area (Å²) in [6.07, 6.45) is -1.60. The zero-order valence-electron chi connectivity index (χ0n) is 16.1. The van der Waals surface area contributed by atoms with Gasteiger partial charge in [-0.05, 0) is 18.2 Å². The van der Waals surface area contributed by atoms with Gasteiger partial charge in [0.25, 0.3) is 11.8 Å². The molecule has 4 rings (SSSR count). The van der Waals surface area contributed by atoms with Crippen LogP contribution in [-0.2, 0) is 21.5 Å². The van der Waals surface area contributed by atoms with Crippen LogP contribution in [-0.4, -0.2) is 54.2 Å². The van der Waals surface area contributed by atoms with E-state index in [1.807, 2.05) is 0 Å². The first kappa shape index (κ1) is 22.9. The SMILES string of the molecule is O=S(=O)(N1CCOCC1)N(Cc1ncc(-c2nnc(C(F)F)o2)s1)c1ccc(F)c(Cl)c1. The first-order chi connectivity index (χ1) is 15.3. The lowest BCUT2D eigenvalue weighted by Gasteiger charge is -2.33. The summed E-state index contributed by atoms with van der Waals surface area (Å²) in [5.74, 6) is -1.68. The van der Waals surface area contributed by atoms with Crippen LogP contribution in [0.25, 0.3) is 10.8 Å². The number of alkyl halides is 2. The van der Waals surface area contributed by atoms with Crippen LogP contribution in [0.2, 0.25) is 5.02 Å². The smallest absolute Gasteiger partial charge is 0.314 e. The maximum Gasteiger partial charge on any atom is 0.314 e. The second kappa shape index (κ2) is 9.31. The summed E-state index contributed by atoms with van der Waals surface area (Å²) < 4.78 is 78.2. The van der Waals surface area contributed by atoms with Crippen LogP contribution in [0.1, 0.15) is 17.3 Å². The number of ether oxygens (including phenoxy) is 1. The van der Waals surface area contributed by atoms with Gasteiger partial charge >= 0.3 is 16.6 Å². The minimum absolute atomic E-state index is 0.136. The van der Waals surface area contributed by atoms with E-state index >= 15 is 0 Å². The van der Waals surface area contributed by atoms with Gasteiger partial charge in [-0.15, -0.1) is 21.5 Å². The first-order valence-corrected chi connectivity index (χ1v) is 11.7. The topological polar surface area (TPSA) is 102 Å². The van der Waals surface area contributed by atoms with Crippen molar-refractivity contribution in [1.82, 2.24) is 19.5 Å². The monoisotopic (exact) mass is 509 g/mol. The Morgan fingerprint density at radius 2 is 2.00 bits per heavy atom. The van der Waals surface area contributed by atoms with E-state index in [-0.39, 0.29) is 49.4 Å². The summed E-state index contributed by atoms with van der Waals surface area (Å²) in [7, 11) is -4.05. The van der Waals surface area contributed by atoms with Crippen molar-refractivity contribution in [2.24, 2.45) is 0 Å². The molecule has 2 aromatic heterocycles. The molecule has 0 unspecified atom stereocenters. The molecule has 0 N–H and O–H groups in total. The van der Waals surface area contributed by atoms with Gasteiger partial charge in [0.1, 0.15) is 15.7 Å². The molecule has 172 valence electrons. The number of aromatic nitrogens is 3.